The van der Waals surface area contributed by atoms with Crippen LogP contribution < -0.4 is 27.9 Å². The molecule has 3 rings (SSSR count). The minimum atomic E-state index is -0.360. The van der Waals surface area contributed by atoms with E-state index in [9.17, 15) is 4.79 Å². The van der Waals surface area contributed by atoms with Crippen molar-refractivity contribution in [1.29, 1.82) is 0 Å². The summed E-state index contributed by atoms with van der Waals surface area (Å²) in [4.78, 5) is 14.6. The van der Waals surface area contributed by atoms with Crippen LogP contribution in [0.5, 0.6) is 0 Å². The molecular formula is C21H24ClN4O2-. The molecular weight excluding hydrogens is 376 g/mol. The van der Waals surface area contributed by atoms with Crippen LogP contribution in [-0.4, -0.2) is 24.3 Å². The van der Waals surface area contributed by atoms with Gasteiger partial charge in [0, 0.05) is 36.1 Å². The topological polar surface area (TPSA) is 70.4 Å². The zero-order chi connectivity index (χ0) is 19.2. The molecule has 0 saturated heterocycles. The molecule has 0 aliphatic carbocycles. The Morgan fingerprint density at radius 3 is 2.39 bits per heavy atom. The van der Waals surface area contributed by atoms with Gasteiger partial charge in [0.15, 0.2) is 11.6 Å². The first kappa shape index (κ1) is 21.3. The minimum absolute atomic E-state index is 0. The zero-order valence-electron chi connectivity index (χ0n) is 16.2. The van der Waals surface area contributed by atoms with Gasteiger partial charge in [-0.3, -0.25) is 5.32 Å². The quantitative estimate of drug-likeness (QED) is 0.666. The molecule has 2 N–H and O–H groups in total. The second kappa shape index (κ2) is 9.80. The van der Waals surface area contributed by atoms with Gasteiger partial charge in [-0.25, -0.2) is 4.79 Å². The van der Waals surface area contributed by atoms with Gasteiger partial charge >= 0.3 is 6.03 Å². The van der Waals surface area contributed by atoms with E-state index in [1.165, 1.54) is 0 Å². The molecule has 3 aromatic rings. The third-order valence-electron chi connectivity index (χ3n) is 4.40. The lowest BCUT2D eigenvalue weighted by molar-refractivity contribution is -0.00000885. The van der Waals surface area contributed by atoms with Gasteiger partial charge in [-0.1, -0.05) is 35.5 Å². The fourth-order valence-corrected chi connectivity index (χ4v) is 2.92. The van der Waals surface area contributed by atoms with E-state index >= 15 is 0 Å². The number of nitrogens with one attached hydrogen (secondary N) is 2. The number of anilines is 3. The molecule has 7 heteroatoms. The van der Waals surface area contributed by atoms with Crippen molar-refractivity contribution in [2.75, 3.05) is 28.6 Å². The van der Waals surface area contributed by atoms with E-state index < -0.39 is 0 Å². The van der Waals surface area contributed by atoms with Crippen LogP contribution in [0.2, 0.25) is 0 Å². The molecule has 0 aliphatic heterocycles. The Balaban J connectivity index is 0.00000280. The highest BCUT2D eigenvalue weighted by atomic mass is 35.5. The summed E-state index contributed by atoms with van der Waals surface area (Å²) in [7, 11) is 0. The second-order valence-corrected chi connectivity index (χ2v) is 6.19. The van der Waals surface area contributed by atoms with E-state index in [4.69, 9.17) is 4.52 Å². The van der Waals surface area contributed by atoms with Gasteiger partial charge in [-0.15, -0.1) is 0 Å². The largest absolute Gasteiger partial charge is 1.00 e. The fraction of sp³-hybridized carbons (Fsp3) is 0.238. The summed E-state index contributed by atoms with van der Waals surface area (Å²) in [5, 5.41) is 9.46. The van der Waals surface area contributed by atoms with Crippen LogP contribution in [0.4, 0.5) is 22.0 Å². The van der Waals surface area contributed by atoms with E-state index in [0.29, 0.717) is 11.6 Å². The summed E-state index contributed by atoms with van der Waals surface area (Å²) >= 11 is 0. The van der Waals surface area contributed by atoms with E-state index in [-0.39, 0.29) is 18.4 Å². The molecule has 28 heavy (non-hydrogen) atoms. The average Bonchev–Trinajstić information content (AvgIpc) is 3.14. The SMILES string of the molecule is CCN(CC)c1ccc(NC(=O)Nc2cc(-c3ccccc3)on2)c(C)c1.[Cl-]. The number of carbonyl (C=O) groups is 1. The Bertz CT molecular complexity index is 908. The summed E-state index contributed by atoms with van der Waals surface area (Å²) in [6.45, 7) is 8.12. The van der Waals surface area contributed by atoms with Crippen molar-refractivity contribution in [3.05, 3.63) is 60.2 Å². The number of halogens is 1. The predicted octanol–water partition coefficient (Wildman–Crippen LogP) is 2.14. The number of hydrogen-bond acceptors (Lipinski definition) is 4. The summed E-state index contributed by atoms with van der Waals surface area (Å²) in [5.41, 5.74) is 3.81. The number of hydrogen-bond donors (Lipinski definition) is 2. The molecule has 0 unspecified atom stereocenters. The Kier molecular flexibility index (Phi) is 7.46. The summed E-state index contributed by atoms with van der Waals surface area (Å²) in [6, 6.07) is 17.0. The van der Waals surface area contributed by atoms with Crippen LogP contribution in [0, 0.1) is 6.92 Å². The summed E-state index contributed by atoms with van der Waals surface area (Å²) in [5.74, 6) is 0.967. The highest BCUT2D eigenvalue weighted by molar-refractivity contribution is 6.00. The van der Waals surface area contributed by atoms with Crippen molar-refractivity contribution < 1.29 is 21.7 Å². The van der Waals surface area contributed by atoms with Crippen molar-refractivity contribution in [2.24, 2.45) is 0 Å². The first-order chi connectivity index (χ1) is 13.1. The van der Waals surface area contributed by atoms with E-state index in [1.54, 1.807) is 6.07 Å². The highest BCUT2D eigenvalue weighted by Crippen LogP contribution is 2.24. The van der Waals surface area contributed by atoms with Gasteiger partial charge in [0.2, 0.25) is 0 Å². The highest BCUT2D eigenvalue weighted by Gasteiger charge is 2.11. The van der Waals surface area contributed by atoms with E-state index in [2.05, 4.69) is 40.6 Å². The number of urea groups is 1. The average molecular weight is 400 g/mol. The van der Waals surface area contributed by atoms with Crippen molar-refractivity contribution in [3.63, 3.8) is 0 Å². The number of carbonyl (C=O) groups excluding carboxylic acids is 1. The molecule has 0 fully saturated rings. The molecule has 2 amide bonds. The molecule has 6 nitrogen and oxygen atoms in total. The lowest BCUT2D eigenvalue weighted by Crippen LogP contribution is -3.00. The van der Waals surface area contributed by atoms with Crippen molar-refractivity contribution in [1.82, 2.24) is 5.16 Å². The van der Waals surface area contributed by atoms with Gasteiger partial charge in [0.05, 0.1) is 0 Å². The maximum Gasteiger partial charge on any atom is 0.324 e. The maximum absolute atomic E-state index is 12.3. The molecule has 0 radical (unpaired) electrons. The molecule has 0 spiro atoms. The molecule has 1 heterocycles. The van der Waals surface area contributed by atoms with Crippen LogP contribution in [0.3, 0.4) is 0 Å². The van der Waals surface area contributed by atoms with Crippen LogP contribution in [0.1, 0.15) is 19.4 Å². The van der Waals surface area contributed by atoms with Crippen LogP contribution >= 0.6 is 0 Å². The normalized spacial score (nSPS) is 10.1. The Morgan fingerprint density at radius 1 is 1.04 bits per heavy atom. The summed E-state index contributed by atoms with van der Waals surface area (Å²) in [6.07, 6.45) is 0. The first-order valence-electron chi connectivity index (χ1n) is 9.06. The van der Waals surface area contributed by atoms with Crippen LogP contribution in [0.25, 0.3) is 11.3 Å². The molecule has 0 atom stereocenters. The molecule has 2 aromatic carbocycles. The van der Waals surface area contributed by atoms with E-state index in [1.807, 2.05) is 49.4 Å². The monoisotopic (exact) mass is 399 g/mol. The zero-order valence-corrected chi connectivity index (χ0v) is 17.0. The van der Waals surface area contributed by atoms with Gasteiger partial charge in [-0.05, 0) is 44.5 Å². The molecule has 0 saturated carbocycles. The number of aromatic nitrogens is 1. The van der Waals surface area contributed by atoms with Crippen LogP contribution in [0.15, 0.2) is 59.1 Å². The molecule has 0 bridgehead atoms. The smallest absolute Gasteiger partial charge is 0.324 e. The lowest BCUT2D eigenvalue weighted by Gasteiger charge is -2.22. The summed E-state index contributed by atoms with van der Waals surface area (Å²) < 4.78 is 5.29. The van der Waals surface area contributed by atoms with E-state index in [0.717, 1.165) is 35.6 Å². The lowest BCUT2D eigenvalue weighted by atomic mass is 10.1. The minimum Gasteiger partial charge on any atom is -1.00 e. The molecule has 0 aliphatic rings. The van der Waals surface area contributed by atoms with Gasteiger partial charge < -0.3 is 27.1 Å². The third-order valence-corrected chi connectivity index (χ3v) is 4.40. The maximum atomic E-state index is 12.3. The number of rotatable bonds is 6. The number of aryl methyl sites for hydroxylation is 1. The number of nitrogens with zero attached hydrogens (tertiary/aromatic N) is 2. The van der Waals surface area contributed by atoms with Crippen molar-refractivity contribution >= 4 is 23.2 Å². The number of benzene rings is 2. The van der Waals surface area contributed by atoms with Crippen LogP contribution in [-0.2, 0) is 0 Å². The van der Waals surface area contributed by atoms with Crippen molar-refractivity contribution in [2.45, 2.75) is 20.8 Å². The predicted molar refractivity (Wildman–Crippen MR) is 109 cm³/mol. The Morgan fingerprint density at radius 2 is 1.75 bits per heavy atom. The van der Waals surface area contributed by atoms with Gasteiger partial charge in [-0.2, -0.15) is 0 Å². The first-order valence-corrected chi connectivity index (χ1v) is 9.06. The third kappa shape index (κ3) is 5.04. The molecule has 1 aromatic heterocycles. The Labute approximate surface area is 171 Å². The molecule has 148 valence electrons. The fourth-order valence-electron chi connectivity index (χ4n) is 2.92. The Hall–Kier alpha value is -2.99. The van der Waals surface area contributed by atoms with Crippen molar-refractivity contribution in [3.8, 4) is 11.3 Å². The van der Waals surface area contributed by atoms with Gasteiger partial charge in [0.1, 0.15) is 0 Å². The second-order valence-electron chi connectivity index (χ2n) is 6.19. The van der Waals surface area contributed by atoms with Gasteiger partial charge in [0.25, 0.3) is 0 Å². The number of amides is 2. The standard InChI is InChI=1S/C21H24N4O2.ClH/c1-4-25(5-2)17-11-12-18(15(3)13-17)22-21(26)23-20-14-19(27-24-20)16-9-7-6-8-10-16;/h6-14H,4-5H2,1-3H3,(H2,22,23,24,26);1H/p-1.